The van der Waals surface area contributed by atoms with Crippen LogP contribution in [0.4, 0.5) is 18.9 Å². The fourth-order valence-corrected chi connectivity index (χ4v) is 3.13. The molecule has 0 bridgehead atoms. The van der Waals surface area contributed by atoms with E-state index in [1.54, 1.807) is 4.90 Å². The number of rotatable bonds is 2. The molecule has 1 N–H and O–H groups in total. The molecule has 2 aromatic carbocycles. The van der Waals surface area contributed by atoms with Gasteiger partial charge >= 0.3 is 6.18 Å². The molecule has 2 heterocycles. The normalized spacial score (nSPS) is 16.6. The molecule has 0 atom stereocenters. The minimum absolute atomic E-state index is 0.183. The van der Waals surface area contributed by atoms with Crippen molar-refractivity contribution in [2.24, 2.45) is 15.2 Å². The number of nitrogens with zero attached hydrogens (tertiary/aromatic N) is 4. The number of aliphatic hydroxyl groups excluding tert-OH is 1. The van der Waals surface area contributed by atoms with Crippen molar-refractivity contribution in [3.8, 4) is 0 Å². The van der Waals surface area contributed by atoms with Crippen LogP contribution < -0.4 is 4.90 Å². The number of fused-ring (bicyclic) bond motifs is 3. The fourth-order valence-electron chi connectivity index (χ4n) is 3.13. The van der Waals surface area contributed by atoms with Gasteiger partial charge in [0, 0.05) is 11.1 Å². The molecule has 2 aromatic rings. The lowest BCUT2D eigenvalue weighted by Gasteiger charge is -2.28. The molecule has 2 aliphatic heterocycles. The molecular weight excluding hydrogens is 357 g/mol. The van der Waals surface area contributed by atoms with Gasteiger partial charge in [-0.15, -0.1) is 5.10 Å². The van der Waals surface area contributed by atoms with Crippen molar-refractivity contribution in [1.82, 2.24) is 0 Å². The van der Waals surface area contributed by atoms with Gasteiger partial charge in [0.15, 0.2) is 5.84 Å². The van der Waals surface area contributed by atoms with Crippen LogP contribution >= 0.6 is 0 Å². The Morgan fingerprint density at radius 1 is 1.04 bits per heavy atom. The first-order valence-corrected chi connectivity index (χ1v) is 8.29. The number of aliphatic imine (C=N–C) groups is 1. The first kappa shape index (κ1) is 17.4. The number of halogens is 3. The second kappa shape index (κ2) is 6.62. The second-order valence-corrected chi connectivity index (χ2v) is 6.19. The van der Waals surface area contributed by atoms with Crippen LogP contribution in [0.25, 0.3) is 0 Å². The van der Waals surface area contributed by atoms with E-state index in [0.29, 0.717) is 28.5 Å². The SMILES string of the molecule is OCC1=NN=C2CN=C(c3ccccc3)c3cc(C(F)(F)F)ccc3N2C1. The van der Waals surface area contributed by atoms with E-state index in [1.807, 2.05) is 30.3 Å². The molecule has 0 spiro atoms. The van der Waals surface area contributed by atoms with Crippen molar-refractivity contribution in [3.05, 3.63) is 65.2 Å². The summed E-state index contributed by atoms with van der Waals surface area (Å²) >= 11 is 0. The molecule has 5 nitrogen and oxygen atoms in total. The topological polar surface area (TPSA) is 60.6 Å². The molecule has 0 radical (unpaired) electrons. The summed E-state index contributed by atoms with van der Waals surface area (Å²) in [6, 6.07) is 12.7. The van der Waals surface area contributed by atoms with Crippen LogP contribution in [0.5, 0.6) is 0 Å². The van der Waals surface area contributed by atoms with Crippen LogP contribution in [0.3, 0.4) is 0 Å². The zero-order valence-corrected chi connectivity index (χ0v) is 14.1. The molecule has 0 aromatic heterocycles. The van der Waals surface area contributed by atoms with Gasteiger partial charge in [-0.3, -0.25) is 4.99 Å². The third-order valence-corrected chi connectivity index (χ3v) is 4.44. The number of aliphatic hydroxyl groups is 1. The lowest BCUT2D eigenvalue weighted by molar-refractivity contribution is -0.137. The van der Waals surface area contributed by atoms with Crippen LogP contribution in [0, 0.1) is 0 Å². The van der Waals surface area contributed by atoms with E-state index in [9.17, 15) is 18.3 Å². The van der Waals surface area contributed by atoms with Crippen molar-refractivity contribution >= 4 is 22.9 Å². The Morgan fingerprint density at radius 3 is 2.52 bits per heavy atom. The Kier molecular flexibility index (Phi) is 4.27. The summed E-state index contributed by atoms with van der Waals surface area (Å²) in [5.74, 6) is 0.527. The number of anilines is 1. The number of alkyl halides is 3. The van der Waals surface area contributed by atoms with Crippen molar-refractivity contribution in [2.75, 3.05) is 24.6 Å². The maximum atomic E-state index is 13.3. The average Bonchev–Trinajstić information content (AvgIpc) is 2.84. The summed E-state index contributed by atoms with van der Waals surface area (Å²) in [5, 5.41) is 17.4. The van der Waals surface area contributed by atoms with E-state index >= 15 is 0 Å². The largest absolute Gasteiger partial charge is 0.416 e. The van der Waals surface area contributed by atoms with E-state index in [4.69, 9.17) is 0 Å². The Morgan fingerprint density at radius 2 is 1.81 bits per heavy atom. The highest BCUT2D eigenvalue weighted by Gasteiger charge is 2.34. The van der Waals surface area contributed by atoms with Gasteiger partial charge in [0.25, 0.3) is 0 Å². The number of amidine groups is 1. The van der Waals surface area contributed by atoms with Gasteiger partial charge in [0.05, 0.1) is 42.4 Å². The Hall–Kier alpha value is -3.00. The zero-order valence-electron chi connectivity index (χ0n) is 14.1. The maximum absolute atomic E-state index is 13.3. The van der Waals surface area contributed by atoms with E-state index in [1.165, 1.54) is 6.07 Å². The molecule has 0 aliphatic carbocycles. The molecular formula is C19H15F3N4O. The smallest absolute Gasteiger partial charge is 0.390 e. The van der Waals surface area contributed by atoms with E-state index in [0.717, 1.165) is 17.7 Å². The van der Waals surface area contributed by atoms with E-state index < -0.39 is 11.7 Å². The summed E-state index contributed by atoms with van der Waals surface area (Å²) in [5.41, 5.74) is 1.83. The number of benzene rings is 2. The first-order valence-electron chi connectivity index (χ1n) is 8.29. The monoisotopic (exact) mass is 372 g/mol. The van der Waals surface area contributed by atoms with Crippen molar-refractivity contribution in [3.63, 3.8) is 0 Å². The highest BCUT2D eigenvalue weighted by atomic mass is 19.4. The van der Waals surface area contributed by atoms with Crippen LogP contribution in [-0.2, 0) is 6.18 Å². The van der Waals surface area contributed by atoms with Crippen molar-refractivity contribution < 1.29 is 18.3 Å². The predicted molar refractivity (Wildman–Crippen MR) is 97.7 cm³/mol. The average molecular weight is 372 g/mol. The quantitative estimate of drug-likeness (QED) is 0.881. The van der Waals surface area contributed by atoms with Gasteiger partial charge in [-0.2, -0.15) is 18.3 Å². The molecule has 8 heteroatoms. The van der Waals surface area contributed by atoms with Crippen molar-refractivity contribution in [2.45, 2.75) is 6.18 Å². The van der Waals surface area contributed by atoms with Gasteiger partial charge < -0.3 is 10.0 Å². The predicted octanol–water partition coefficient (Wildman–Crippen LogP) is 3.12. The van der Waals surface area contributed by atoms with Crippen LogP contribution in [0.1, 0.15) is 16.7 Å². The van der Waals surface area contributed by atoms with Crippen LogP contribution in [-0.4, -0.2) is 42.1 Å². The Bertz CT molecular complexity index is 965. The highest BCUT2D eigenvalue weighted by molar-refractivity contribution is 6.21. The van der Waals surface area contributed by atoms with Crippen molar-refractivity contribution in [1.29, 1.82) is 0 Å². The minimum atomic E-state index is -4.46. The lowest BCUT2D eigenvalue weighted by atomic mass is 9.97. The lowest BCUT2D eigenvalue weighted by Crippen LogP contribution is -2.40. The summed E-state index contributed by atoms with van der Waals surface area (Å²) in [7, 11) is 0. The highest BCUT2D eigenvalue weighted by Crippen LogP contribution is 2.35. The minimum Gasteiger partial charge on any atom is -0.390 e. The third kappa shape index (κ3) is 3.23. The van der Waals surface area contributed by atoms with Gasteiger partial charge in [-0.25, -0.2) is 0 Å². The van der Waals surface area contributed by atoms with Gasteiger partial charge in [-0.05, 0) is 18.2 Å². The van der Waals surface area contributed by atoms with Crippen LogP contribution in [0.2, 0.25) is 0 Å². The molecule has 0 amide bonds. The van der Waals surface area contributed by atoms with Crippen LogP contribution in [0.15, 0.2) is 63.7 Å². The first-order chi connectivity index (χ1) is 13.0. The summed E-state index contributed by atoms with van der Waals surface area (Å²) in [4.78, 5) is 6.30. The van der Waals surface area contributed by atoms with E-state index in [-0.39, 0.29) is 19.7 Å². The van der Waals surface area contributed by atoms with E-state index in [2.05, 4.69) is 15.2 Å². The number of hydrogen-bond donors (Lipinski definition) is 1. The molecule has 2 aliphatic rings. The summed E-state index contributed by atoms with van der Waals surface area (Å²) in [6.07, 6.45) is -4.46. The molecule has 0 unspecified atom stereocenters. The summed E-state index contributed by atoms with van der Waals surface area (Å²) < 4.78 is 39.9. The maximum Gasteiger partial charge on any atom is 0.416 e. The molecule has 0 saturated heterocycles. The molecule has 0 fully saturated rings. The standard InChI is InChI=1S/C19H15F3N4O/c20-19(21,22)13-6-7-16-15(8-13)18(12-4-2-1-3-5-12)23-9-17-25-24-14(11-27)10-26(16)17/h1-8,27H,9-11H2. The molecule has 4 rings (SSSR count). The summed E-state index contributed by atoms with van der Waals surface area (Å²) in [6.45, 7) is 0.170. The van der Waals surface area contributed by atoms with Gasteiger partial charge in [-0.1, -0.05) is 30.3 Å². The molecule has 27 heavy (non-hydrogen) atoms. The van der Waals surface area contributed by atoms with Gasteiger partial charge in [0.1, 0.15) is 0 Å². The third-order valence-electron chi connectivity index (χ3n) is 4.44. The number of hydrogen-bond acceptors (Lipinski definition) is 5. The molecule has 0 saturated carbocycles. The Labute approximate surface area is 153 Å². The molecule has 138 valence electrons. The Balaban J connectivity index is 1.91. The zero-order chi connectivity index (χ0) is 19.0. The second-order valence-electron chi connectivity index (χ2n) is 6.19. The van der Waals surface area contributed by atoms with Gasteiger partial charge in [0.2, 0.25) is 0 Å². The fraction of sp³-hybridized carbons (Fsp3) is 0.211.